The summed E-state index contributed by atoms with van der Waals surface area (Å²) in [6.07, 6.45) is 0. The Morgan fingerprint density at radius 3 is 2.50 bits per heavy atom. The average molecular weight is 320 g/mol. The molecule has 0 saturated carbocycles. The van der Waals surface area contributed by atoms with E-state index in [2.05, 4.69) is 36.2 Å². The molecule has 0 aliphatic carbocycles. The average Bonchev–Trinajstić information content (AvgIpc) is 2.92. The molecule has 0 N–H and O–H groups in total. The number of rotatable bonds is 2. The molecule has 0 bridgehead atoms. The Bertz CT molecular complexity index is 747. The highest BCUT2D eigenvalue weighted by Crippen LogP contribution is 2.39. The standard InChI is InChI=1S/C16H11Cl2NS/c1-10-5-7-11(8-6-10)16-15(19-9-20-16)12-3-2-4-13(17)14(12)18/h2-9H,1H3. The van der Waals surface area contributed by atoms with Crippen LogP contribution >= 0.6 is 34.5 Å². The molecule has 1 aromatic heterocycles. The molecule has 1 nitrogen and oxygen atoms in total. The monoisotopic (exact) mass is 319 g/mol. The van der Waals surface area contributed by atoms with Crippen LogP contribution in [-0.4, -0.2) is 4.98 Å². The minimum Gasteiger partial charge on any atom is -0.244 e. The topological polar surface area (TPSA) is 12.9 Å². The Labute approximate surface area is 131 Å². The van der Waals surface area contributed by atoms with Gasteiger partial charge in [-0.3, -0.25) is 0 Å². The van der Waals surface area contributed by atoms with E-state index in [-0.39, 0.29) is 0 Å². The van der Waals surface area contributed by atoms with Gasteiger partial charge >= 0.3 is 0 Å². The Kier molecular flexibility index (Phi) is 3.79. The van der Waals surface area contributed by atoms with Crippen LogP contribution in [0.2, 0.25) is 10.0 Å². The molecular weight excluding hydrogens is 309 g/mol. The zero-order valence-corrected chi connectivity index (χ0v) is 13.1. The largest absolute Gasteiger partial charge is 0.244 e. The first kappa shape index (κ1) is 13.6. The van der Waals surface area contributed by atoms with Crippen molar-refractivity contribution >= 4 is 34.5 Å². The lowest BCUT2D eigenvalue weighted by molar-refractivity contribution is 1.40. The summed E-state index contributed by atoms with van der Waals surface area (Å²) in [6.45, 7) is 2.07. The van der Waals surface area contributed by atoms with Crippen molar-refractivity contribution in [3.8, 4) is 21.7 Å². The molecule has 0 aliphatic heterocycles. The van der Waals surface area contributed by atoms with Crippen LogP contribution < -0.4 is 0 Å². The summed E-state index contributed by atoms with van der Waals surface area (Å²) in [5.41, 5.74) is 5.97. The van der Waals surface area contributed by atoms with Gasteiger partial charge < -0.3 is 0 Å². The Hall–Kier alpha value is -1.35. The second-order valence-electron chi connectivity index (χ2n) is 4.50. The highest BCUT2D eigenvalue weighted by atomic mass is 35.5. The van der Waals surface area contributed by atoms with Crippen molar-refractivity contribution in [1.82, 2.24) is 4.98 Å². The third-order valence-corrected chi connectivity index (χ3v) is 4.78. The molecule has 3 aromatic rings. The number of thiazole rings is 1. The predicted molar refractivity (Wildman–Crippen MR) is 87.7 cm³/mol. The molecule has 3 rings (SSSR count). The Balaban J connectivity index is 2.15. The van der Waals surface area contributed by atoms with Crippen molar-refractivity contribution in [3.05, 3.63) is 63.6 Å². The van der Waals surface area contributed by atoms with Crippen LogP contribution in [0.3, 0.4) is 0 Å². The third kappa shape index (κ3) is 2.47. The van der Waals surface area contributed by atoms with Crippen molar-refractivity contribution in [1.29, 1.82) is 0 Å². The number of hydrogen-bond donors (Lipinski definition) is 0. The first-order chi connectivity index (χ1) is 9.66. The molecular formula is C16H11Cl2NS. The first-order valence-electron chi connectivity index (χ1n) is 6.11. The molecule has 0 atom stereocenters. The maximum Gasteiger partial charge on any atom is 0.0905 e. The van der Waals surface area contributed by atoms with E-state index in [1.54, 1.807) is 17.4 Å². The maximum absolute atomic E-state index is 6.30. The molecule has 0 spiro atoms. The van der Waals surface area contributed by atoms with Gasteiger partial charge in [-0.2, -0.15) is 0 Å². The molecule has 2 aromatic carbocycles. The molecule has 100 valence electrons. The van der Waals surface area contributed by atoms with Crippen LogP contribution in [0.1, 0.15) is 5.56 Å². The maximum atomic E-state index is 6.30. The minimum atomic E-state index is 0.548. The van der Waals surface area contributed by atoms with E-state index in [0.717, 1.165) is 21.7 Å². The fraction of sp³-hybridized carbons (Fsp3) is 0.0625. The molecule has 0 amide bonds. The van der Waals surface area contributed by atoms with E-state index in [0.29, 0.717) is 10.0 Å². The van der Waals surface area contributed by atoms with Crippen molar-refractivity contribution in [2.75, 3.05) is 0 Å². The minimum absolute atomic E-state index is 0.548. The summed E-state index contributed by atoms with van der Waals surface area (Å²) in [4.78, 5) is 5.57. The Morgan fingerprint density at radius 2 is 1.75 bits per heavy atom. The van der Waals surface area contributed by atoms with Crippen LogP contribution in [-0.2, 0) is 0 Å². The third-order valence-electron chi connectivity index (χ3n) is 3.09. The van der Waals surface area contributed by atoms with Crippen molar-refractivity contribution in [3.63, 3.8) is 0 Å². The number of nitrogens with zero attached hydrogens (tertiary/aromatic N) is 1. The highest BCUT2D eigenvalue weighted by Gasteiger charge is 2.14. The zero-order chi connectivity index (χ0) is 14.1. The SMILES string of the molecule is Cc1ccc(-c2scnc2-c2cccc(Cl)c2Cl)cc1. The number of aryl methyl sites for hydroxylation is 1. The van der Waals surface area contributed by atoms with Gasteiger partial charge in [-0.25, -0.2) is 4.98 Å². The summed E-state index contributed by atoms with van der Waals surface area (Å²) in [6, 6.07) is 14.0. The summed E-state index contributed by atoms with van der Waals surface area (Å²) in [5.74, 6) is 0. The van der Waals surface area contributed by atoms with Gasteiger partial charge in [-0.05, 0) is 18.6 Å². The highest BCUT2D eigenvalue weighted by molar-refractivity contribution is 7.13. The van der Waals surface area contributed by atoms with E-state index < -0.39 is 0 Å². The molecule has 0 unspecified atom stereocenters. The number of hydrogen-bond acceptors (Lipinski definition) is 2. The lowest BCUT2D eigenvalue weighted by Crippen LogP contribution is -1.84. The Morgan fingerprint density at radius 1 is 1.00 bits per heavy atom. The van der Waals surface area contributed by atoms with Gasteiger partial charge in [0.15, 0.2) is 0 Å². The van der Waals surface area contributed by atoms with Gasteiger partial charge in [-0.1, -0.05) is 65.2 Å². The predicted octanol–water partition coefficient (Wildman–Crippen LogP) is 6.09. The molecule has 0 aliphatic rings. The first-order valence-corrected chi connectivity index (χ1v) is 7.75. The van der Waals surface area contributed by atoms with E-state index in [4.69, 9.17) is 23.2 Å². The van der Waals surface area contributed by atoms with Crippen molar-refractivity contribution in [2.24, 2.45) is 0 Å². The van der Waals surface area contributed by atoms with Crippen molar-refractivity contribution < 1.29 is 0 Å². The number of benzene rings is 2. The van der Waals surface area contributed by atoms with Gasteiger partial charge in [0, 0.05) is 5.56 Å². The summed E-state index contributed by atoms with van der Waals surface area (Å²) in [7, 11) is 0. The summed E-state index contributed by atoms with van der Waals surface area (Å²) >= 11 is 14.0. The molecule has 1 heterocycles. The van der Waals surface area contributed by atoms with E-state index >= 15 is 0 Å². The van der Waals surface area contributed by atoms with Crippen LogP contribution in [0, 0.1) is 6.92 Å². The number of aromatic nitrogens is 1. The molecule has 0 saturated heterocycles. The molecule has 0 fully saturated rings. The molecule has 4 heteroatoms. The second kappa shape index (κ2) is 5.57. The lowest BCUT2D eigenvalue weighted by atomic mass is 10.1. The molecule has 20 heavy (non-hydrogen) atoms. The quantitative estimate of drug-likeness (QED) is 0.556. The van der Waals surface area contributed by atoms with Crippen LogP contribution in [0.5, 0.6) is 0 Å². The van der Waals surface area contributed by atoms with Gasteiger partial charge in [-0.15, -0.1) is 11.3 Å². The fourth-order valence-electron chi connectivity index (χ4n) is 2.03. The molecule has 0 radical (unpaired) electrons. The lowest BCUT2D eigenvalue weighted by Gasteiger charge is -2.06. The zero-order valence-electron chi connectivity index (χ0n) is 10.7. The van der Waals surface area contributed by atoms with E-state index in [9.17, 15) is 0 Å². The van der Waals surface area contributed by atoms with Gasteiger partial charge in [0.1, 0.15) is 0 Å². The van der Waals surface area contributed by atoms with E-state index in [1.165, 1.54) is 5.56 Å². The second-order valence-corrected chi connectivity index (χ2v) is 6.14. The summed E-state index contributed by atoms with van der Waals surface area (Å²) in [5, 5.41) is 1.10. The van der Waals surface area contributed by atoms with Crippen LogP contribution in [0.25, 0.3) is 21.7 Å². The van der Waals surface area contributed by atoms with Gasteiger partial charge in [0.2, 0.25) is 0 Å². The van der Waals surface area contributed by atoms with Crippen molar-refractivity contribution in [2.45, 2.75) is 6.92 Å². The van der Waals surface area contributed by atoms with Gasteiger partial charge in [0.25, 0.3) is 0 Å². The number of halogens is 2. The fourth-order valence-corrected chi connectivity index (χ4v) is 3.23. The smallest absolute Gasteiger partial charge is 0.0905 e. The van der Waals surface area contributed by atoms with Crippen LogP contribution in [0.15, 0.2) is 48.0 Å². The van der Waals surface area contributed by atoms with Crippen LogP contribution in [0.4, 0.5) is 0 Å². The summed E-state index contributed by atoms with van der Waals surface area (Å²) < 4.78 is 0. The van der Waals surface area contributed by atoms with Gasteiger partial charge in [0.05, 0.1) is 26.1 Å². The normalized spacial score (nSPS) is 10.8. The van der Waals surface area contributed by atoms with E-state index in [1.807, 2.05) is 17.6 Å².